The quantitative estimate of drug-likeness (QED) is 0.756. The van der Waals surface area contributed by atoms with Gasteiger partial charge in [-0.3, -0.25) is 0 Å². The highest BCUT2D eigenvalue weighted by atomic mass is 16.4. The Morgan fingerprint density at radius 1 is 1.33 bits per heavy atom. The van der Waals surface area contributed by atoms with Crippen LogP contribution in [0.25, 0.3) is 10.9 Å². The smallest absolute Gasteiger partial charge is 0.374 e. The lowest BCUT2D eigenvalue weighted by Crippen LogP contribution is -2.11. The first-order valence-electron chi connectivity index (χ1n) is 6.35. The van der Waals surface area contributed by atoms with Crippen LogP contribution in [0.15, 0.2) is 36.7 Å². The molecule has 3 aromatic rings. The molecule has 0 saturated heterocycles. The van der Waals surface area contributed by atoms with E-state index in [1.165, 1.54) is 0 Å². The number of aromatic nitrogens is 4. The summed E-state index contributed by atoms with van der Waals surface area (Å²) in [4.78, 5) is 23.4. The first-order chi connectivity index (χ1) is 10.1. The molecule has 0 amide bonds. The average Bonchev–Trinajstić information content (AvgIpc) is 2.89. The van der Waals surface area contributed by atoms with E-state index < -0.39 is 5.97 Å². The van der Waals surface area contributed by atoms with Gasteiger partial charge in [0, 0.05) is 24.8 Å². The zero-order valence-corrected chi connectivity index (χ0v) is 11.3. The van der Waals surface area contributed by atoms with Crippen LogP contribution in [-0.4, -0.2) is 30.6 Å². The van der Waals surface area contributed by atoms with Crippen LogP contribution >= 0.6 is 0 Å². The lowest BCUT2D eigenvalue weighted by atomic mass is 10.2. The molecule has 0 bridgehead atoms. The zero-order valence-electron chi connectivity index (χ0n) is 11.3. The Bertz CT molecular complexity index is 812. The SMILES string of the molecule is Cn1ccnc1CNc1nc(C(=O)O)nc2ccccc12. The lowest BCUT2D eigenvalue weighted by molar-refractivity contribution is 0.0684. The van der Waals surface area contributed by atoms with Crippen molar-refractivity contribution in [3.8, 4) is 0 Å². The summed E-state index contributed by atoms with van der Waals surface area (Å²) in [5, 5.41) is 13.0. The number of benzene rings is 1. The maximum atomic E-state index is 11.1. The number of para-hydroxylation sites is 1. The van der Waals surface area contributed by atoms with Crippen molar-refractivity contribution in [3.05, 3.63) is 48.3 Å². The number of aromatic carboxylic acids is 1. The molecule has 0 spiro atoms. The third-order valence-corrected chi connectivity index (χ3v) is 3.13. The summed E-state index contributed by atoms with van der Waals surface area (Å²) in [6, 6.07) is 7.28. The molecule has 0 aliphatic heterocycles. The summed E-state index contributed by atoms with van der Waals surface area (Å²) in [6.45, 7) is 0.448. The van der Waals surface area contributed by atoms with Crippen LogP contribution in [-0.2, 0) is 13.6 Å². The number of nitrogens with zero attached hydrogens (tertiary/aromatic N) is 4. The molecule has 0 saturated carbocycles. The highest BCUT2D eigenvalue weighted by Gasteiger charge is 2.12. The minimum atomic E-state index is -1.15. The number of imidazole rings is 1. The molecule has 0 fully saturated rings. The van der Waals surface area contributed by atoms with E-state index in [1.54, 1.807) is 12.3 Å². The Labute approximate surface area is 120 Å². The molecule has 2 N–H and O–H groups in total. The monoisotopic (exact) mass is 283 g/mol. The van der Waals surface area contributed by atoms with E-state index in [2.05, 4.69) is 20.3 Å². The summed E-state index contributed by atoms with van der Waals surface area (Å²) in [7, 11) is 1.89. The lowest BCUT2D eigenvalue weighted by Gasteiger charge is -2.09. The largest absolute Gasteiger partial charge is 0.475 e. The Balaban J connectivity index is 1.99. The molecule has 2 heterocycles. The summed E-state index contributed by atoms with van der Waals surface area (Å²) in [5.41, 5.74) is 0.590. The van der Waals surface area contributed by atoms with Gasteiger partial charge in [-0.25, -0.2) is 19.7 Å². The standard InChI is InChI=1S/C14H13N5O2/c1-19-7-6-15-11(19)8-16-12-9-4-2-3-5-10(9)17-13(18-12)14(20)21/h2-7H,8H2,1H3,(H,20,21)(H,16,17,18). The minimum absolute atomic E-state index is 0.226. The predicted octanol–water partition coefficient (Wildman–Crippen LogP) is 1.67. The van der Waals surface area contributed by atoms with E-state index in [0.717, 1.165) is 11.2 Å². The van der Waals surface area contributed by atoms with E-state index in [0.29, 0.717) is 17.9 Å². The molecular formula is C14H13N5O2. The molecular weight excluding hydrogens is 270 g/mol. The first kappa shape index (κ1) is 13.0. The number of carboxylic acids is 1. The van der Waals surface area contributed by atoms with Gasteiger partial charge in [-0.2, -0.15) is 0 Å². The second-order valence-electron chi connectivity index (χ2n) is 4.53. The van der Waals surface area contributed by atoms with Crippen molar-refractivity contribution in [1.82, 2.24) is 19.5 Å². The van der Waals surface area contributed by atoms with Gasteiger partial charge in [0.25, 0.3) is 0 Å². The van der Waals surface area contributed by atoms with Gasteiger partial charge in [-0.05, 0) is 12.1 Å². The molecule has 2 aromatic heterocycles. The third-order valence-electron chi connectivity index (χ3n) is 3.13. The van der Waals surface area contributed by atoms with Crippen LogP contribution in [0.4, 0.5) is 5.82 Å². The van der Waals surface area contributed by atoms with E-state index in [-0.39, 0.29) is 5.82 Å². The molecule has 7 heteroatoms. The van der Waals surface area contributed by atoms with Crippen molar-refractivity contribution in [3.63, 3.8) is 0 Å². The highest BCUT2D eigenvalue weighted by Crippen LogP contribution is 2.20. The molecule has 0 aliphatic rings. The van der Waals surface area contributed by atoms with Crippen LogP contribution in [0, 0.1) is 0 Å². The van der Waals surface area contributed by atoms with E-state index in [9.17, 15) is 4.79 Å². The normalized spacial score (nSPS) is 10.7. The average molecular weight is 283 g/mol. The van der Waals surface area contributed by atoms with Crippen LogP contribution in [0.3, 0.4) is 0 Å². The summed E-state index contributed by atoms with van der Waals surface area (Å²) >= 11 is 0. The molecule has 0 radical (unpaired) electrons. The fraction of sp³-hybridized carbons (Fsp3) is 0.143. The number of nitrogens with one attached hydrogen (secondary N) is 1. The molecule has 0 unspecified atom stereocenters. The number of anilines is 1. The molecule has 1 aromatic carbocycles. The number of hydrogen-bond acceptors (Lipinski definition) is 5. The van der Waals surface area contributed by atoms with Gasteiger partial charge in [-0.1, -0.05) is 12.1 Å². The van der Waals surface area contributed by atoms with Crippen molar-refractivity contribution in [2.24, 2.45) is 7.05 Å². The van der Waals surface area contributed by atoms with Crippen LogP contribution in [0.2, 0.25) is 0 Å². The molecule has 3 rings (SSSR count). The summed E-state index contributed by atoms with van der Waals surface area (Å²) in [5.74, 6) is -0.0626. The van der Waals surface area contributed by atoms with Gasteiger partial charge in [0.15, 0.2) is 0 Å². The number of carbonyl (C=O) groups is 1. The third kappa shape index (κ3) is 2.53. The van der Waals surface area contributed by atoms with Crippen molar-refractivity contribution >= 4 is 22.7 Å². The van der Waals surface area contributed by atoms with Crippen LogP contribution in [0.1, 0.15) is 16.4 Å². The topological polar surface area (TPSA) is 92.9 Å². The van der Waals surface area contributed by atoms with Crippen LogP contribution in [0.5, 0.6) is 0 Å². The fourth-order valence-corrected chi connectivity index (χ4v) is 2.04. The molecule has 106 valence electrons. The summed E-state index contributed by atoms with van der Waals surface area (Å²) in [6.07, 6.45) is 3.55. The predicted molar refractivity (Wildman–Crippen MR) is 77.0 cm³/mol. The van der Waals surface area contributed by atoms with Crippen LogP contribution < -0.4 is 5.32 Å². The molecule has 0 aliphatic carbocycles. The van der Waals surface area contributed by atoms with E-state index >= 15 is 0 Å². The van der Waals surface area contributed by atoms with Crippen molar-refractivity contribution < 1.29 is 9.90 Å². The Hall–Kier alpha value is -2.96. The Morgan fingerprint density at radius 3 is 2.86 bits per heavy atom. The Morgan fingerprint density at radius 2 is 2.14 bits per heavy atom. The number of aryl methyl sites for hydroxylation is 1. The zero-order chi connectivity index (χ0) is 14.8. The van der Waals surface area contributed by atoms with Gasteiger partial charge in [0.1, 0.15) is 11.6 Å². The first-order valence-corrected chi connectivity index (χ1v) is 6.35. The number of carboxylic acid groups (broad SMARTS) is 1. The minimum Gasteiger partial charge on any atom is -0.475 e. The van der Waals surface area contributed by atoms with Gasteiger partial charge < -0.3 is 15.0 Å². The van der Waals surface area contributed by atoms with Gasteiger partial charge in [0.2, 0.25) is 5.82 Å². The number of hydrogen-bond donors (Lipinski definition) is 2. The van der Waals surface area contributed by atoms with E-state index in [1.807, 2.05) is 36.0 Å². The molecule has 0 atom stereocenters. The van der Waals surface area contributed by atoms with Crippen molar-refractivity contribution in [1.29, 1.82) is 0 Å². The Kier molecular flexibility index (Phi) is 3.23. The second kappa shape index (κ2) is 5.20. The maximum Gasteiger partial charge on any atom is 0.374 e. The van der Waals surface area contributed by atoms with Gasteiger partial charge in [-0.15, -0.1) is 0 Å². The van der Waals surface area contributed by atoms with E-state index in [4.69, 9.17) is 5.11 Å². The van der Waals surface area contributed by atoms with Gasteiger partial charge >= 0.3 is 5.97 Å². The second-order valence-corrected chi connectivity index (χ2v) is 4.53. The molecule has 21 heavy (non-hydrogen) atoms. The van der Waals surface area contributed by atoms with Gasteiger partial charge in [0.05, 0.1) is 12.1 Å². The molecule has 7 nitrogen and oxygen atoms in total. The fourth-order valence-electron chi connectivity index (χ4n) is 2.04. The summed E-state index contributed by atoms with van der Waals surface area (Å²) < 4.78 is 1.88. The number of rotatable bonds is 4. The van der Waals surface area contributed by atoms with Crippen molar-refractivity contribution in [2.75, 3.05) is 5.32 Å². The maximum absolute atomic E-state index is 11.1. The number of fused-ring (bicyclic) bond motifs is 1. The highest BCUT2D eigenvalue weighted by molar-refractivity contribution is 5.93. The van der Waals surface area contributed by atoms with Crippen molar-refractivity contribution in [2.45, 2.75) is 6.54 Å².